The number of hydrogen-bond acceptors (Lipinski definition) is 2. The number of carbonyl (C=O) groups excluding carboxylic acids is 1. The van der Waals surface area contributed by atoms with E-state index in [9.17, 15) is 4.79 Å². The molecule has 2 nitrogen and oxygen atoms in total. The van der Waals surface area contributed by atoms with E-state index in [0.29, 0.717) is 0 Å². The molecule has 0 aromatic carbocycles. The summed E-state index contributed by atoms with van der Waals surface area (Å²) < 4.78 is 5.57. The second-order valence-corrected chi connectivity index (χ2v) is 6.93. The minimum Gasteiger partial charge on any atom is -0.460 e. The van der Waals surface area contributed by atoms with Crippen molar-refractivity contribution in [2.45, 2.75) is 104 Å². The van der Waals surface area contributed by atoms with Gasteiger partial charge in [-0.05, 0) is 33.6 Å². The average molecular weight is 284 g/mol. The van der Waals surface area contributed by atoms with Gasteiger partial charge in [0.05, 0.1) is 5.92 Å². The van der Waals surface area contributed by atoms with Gasteiger partial charge in [0.25, 0.3) is 0 Å². The van der Waals surface area contributed by atoms with Crippen LogP contribution in [0, 0.1) is 5.92 Å². The first-order chi connectivity index (χ1) is 9.40. The highest BCUT2D eigenvalue weighted by molar-refractivity contribution is 5.72. The van der Waals surface area contributed by atoms with E-state index in [0.717, 1.165) is 25.7 Å². The van der Waals surface area contributed by atoms with Crippen molar-refractivity contribution in [3.63, 3.8) is 0 Å². The van der Waals surface area contributed by atoms with E-state index in [2.05, 4.69) is 13.8 Å². The Morgan fingerprint density at radius 1 is 0.850 bits per heavy atom. The molecule has 1 unspecified atom stereocenters. The van der Waals surface area contributed by atoms with Crippen LogP contribution in [0.1, 0.15) is 98.8 Å². The largest absolute Gasteiger partial charge is 0.460 e. The first kappa shape index (κ1) is 19.5. The summed E-state index contributed by atoms with van der Waals surface area (Å²) in [7, 11) is 0. The summed E-state index contributed by atoms with van der Waals surface area (Å²) in [6.07, 6.45) is 11.9. The molecule has 120 valence electrons. The Morgan fingerprint density at radius 2 is 1.30 bits per heavy atom. The predicted molar refractivity (Wildman–Crippen MR) is 86.9 cm³/mol. The summed E-state index contributed by atoms with van der Waals surface area (Å²) >= 11 is 0. The number of esters is 1. The van der Waals surface area contributed by atoms with Crippen LogP contribution in [0.2, 0.25) is 0 Å². The lowest BCUT2D eigenvalue weighted by molar-refractivity contribution is -0.160. The fourth-order valence-corrected chi connectivity index (χ4v) is 2.40. The third-order valence-electron chi connectivity index (χ3n) is 3.55. The molecule has 0 radical (unpaired) electrons. The quantitative estimate of drug-likeness (QED) is 0.349. The normalized spacial score (nSPS) is 13.2. The average Bonchev–Trinajstić information content (AvgIpc) is 2.34. The van der Waals surface area contributed by atoms with Crippen molar-refractivity contribution < 1.29 is 9.53 Å². The van der Waals surface area contributed by atoms with Crippen molar-refractivity contribution >= 4 is 5.97 Å². The van der Waals surface area contributed by atoms with Crippen LogP contribution < -0.4 is 0 Å². The highest BCUT2D eigenvalue weighted by Crippen LogP contribution is 2.22. The van der Waals surface area contributed by atoms with Crippen molar-refractivity contribution in [2.75, 3.05) is 0 Å². The zero-order valence-electron chi connectivity index (χ0n) is 14.5. The maximum Gasteiger partial charge on any atom is 0.309 e. The minimum absolute atomic E-state index is 0.0177. The van der Waals surface area contributed by atoms with Gasteiger partial charge in [0, 0.05) is 0 Å². The summed E-state index contributed by atoms with van der Waals surface area (Å²) in [5, 5.41) is 0. The van der Waals surface area contributed by atoms with Crippen LogP contribution >= 0.6 is 0 Å². The van der Waals surface area contributed by atoms with E-state index < -0.39 is 0 Å². The molecule has 2 heteroatoms. The van der Waals surface area contributed by atoms with Gasteiger partial charge in [-0.1, -0.05) is 65.2 Å². The van der Waals surface area contributed by atoms with Crippen molar-refractivity contribution in [1.29, 1.82) is 0 Å². The van der Waals surface area contributed by atoms with Gasteiger partial charge in [-0.25, -0.2) is 0 Å². The van der Waals surface area contributed by atoms with Crippen molar-refractivity contribution in [1.82, 2.24) is 0 Å². The van der Waals surface area contributed by atoms with Crippen LogP contribution in [0.4, 0.5) is 0 Å². The molecular weight excluding hydrogens is 248 g/mol. The van der Waals surface area contributed by atoms with E-state index in [1.165, 1.54) is 38.5 Å². The van der Waals surface area contributed by atoms with E-state index in [1.807, 2.05) is 20.8 Å². The Morgan fingerprint density at radius 3 is 1.80 bits per heavy atom. The second kappa shape index (κ2) is 11.2. The molecule has 0 amide bonds. The molecule has 20 heavy (non-hydrogen) atoms. The molecule has 1 atom stereocenters. The molecule has 0 heterocycles. The van der Waals surface area contributed by atoms with Crippen molar-refractivity contribution in [2.24, 2.45) is 5.92 Å². The van der Waals surface area contributed by atoms with Gasteiger partial charge < -0.3 is 4.74 Å². The lowest BCUT2D eigenvalue weighted by atomic mass is 9.94. The van der Waals surface area contributed by atoms with E-state index in [1.54, 1.807) is 0 Å². The highest BCUT2D eigenvalue weighted by atomic mass is 16.6. The Kier molecular flexibility index (Phi) is 10.9. The molecule has 0 fully saturated rings. The molecule has 0 rings (SSSR count). The summed E-state index contributed by atoms with van der Waals surface area (Å²) in [5.74, 6) is 0.131. The van der Waals surface area contributed by atoms with Crippen LogP contribution in [-0.4, -0.2) is 11.6 Å². The standard InChI is InChI=1S/C18H36O2/c1-6-8-10-11-13-15-16(14-12-9-7-2)17(19)20-18(3,4)5/h16H,6-15H2,1-5H3. The smallest absolute Gasteiger partial charge is 0.309 e. The van der Waals surface area contributed by atoms with E-state index >= 15 is 0 Å². The van der Waals surface area contributed by atoms with Crippen molar-refractivity contribution in [3.05, 3.63) is 0 Å². The molecule has 0 aromatic heterocycles. The lowest BCUT2D eigenvalue weighted by Crippen LogP contribution is -2.28. The molecular formula is C18H36O2. The molecule has 0 aliphatic rings. The first-order valence-electron chi connectivity index (χ1n) is 8.63. The lowest BCUT2D eigenvalue weighted by Gasteiger charge is -2.24. The Hall–Kier alpha value is -0.530. The van der Waals surface area contributed by atoms with Crippen LogP contribution in [0.15, 0.2) is 0 Å². The van der Waals surface area contributed by atoms with Crippen LogP contribution in [0.3, 0.4) is 0 Å². The van der Waals surface area contributed by atoms with Gasteiger partial charge >= 0.3 is 5.97 Å². The van der Waals surface area contributed by atoms with E-state index in [-0.39, 0.29) is 17.5 Å². The third-order valence-corrected chi connectivity index (χ3v) is 3.55. The maximum atomic E-state index is 12.3. The topological polar surface area (TPSA) is 26.3 Å². The molecule has 0 spiro atoms. The summed E-state index contributed by atoms with van der Waals surface area (Å²) in [6.45, 7) is 10.3. The fraction of sp³-hybridized carbons (Fsp3) is 0.944. The summed E-state index contributed by atoms with van der Waals surface area (Å²) in [4.78, 5) is 12.3. The van der Waals surface area contributed by atoms with Gasteiger partial charge in [0.2, 0.25) is 0 Å². The summed E-state index contributed by atoms with van der Waals surface area (Å²) in [6, 6.07) is 0. The Labute approximate surface area is 126 Å². The molecule has 0 aliphatic heterocycles. The third kappa shape index (κ3) is 11.3. The number of hydrogen-bond donors (Lipinski definition) is 0. The zero-order chi connectivity index (χ0) is 15.4. The molecule has 0 saturated heterocycles. The van der Waals surface area contributed by atoms with Gasteiger partial charge in [0.1, 0.15) is 5.60 Å². The monoisotopic (exact) mass is 284 g/mol. The number of ether oxygens (including phenoxy) is 1. The Balaban J connectivity index is 4.15. The zero-order valence-corrected chi connectivity index (χ0v) is 14.5. The maximum absolute atomic E-state index is 12.3. The van der Waals surface area contributed by atoms with Crippen LogP contribution in [0.5, 0.6) is 0 Å². The molecule has 0 aromatic rings. The SMILES string of the molecule is CCCCCCCC(CCCCC)C(=O)OC(C)(C)C. The number of carbonyl (C=O) groups is 1. The highest BCUT2D eigenvalue weighted by Gasteiger charge is 2.24. The second-order valence-electron chi connectivity index (χ2n) is 6.93. The summed E-state index contributed by atoms with van der Waals surface area (Å²) in [5.41, 5.74) is -0.359. The molecule has 0 aliphatic carbocycles. The Bertz CT molecular complexity index is 240. The van der Waals surface area contributed by atoms with Gasteiger partial charge in [0.15, 0.2) is 0 Å². The number of unbranched alkanes of at least 4 members (excludes halogenated alkanes) is 6. The van der Waals surface area contributed by atoms with Gasteiger partial charge in [-0.3, -0.25) is 4.79 Å². The van der Waals surface area contributed by atoms with Crippen LogP contribution in [-0.2, 0) is 9.53 Å². The molecule has 0 saturated carbocycles. The van der Waals surface area contributed by atoms with Crippen molar-refractivity contribution in [3.8, 4) is 0 Å². The fourth-order valence-electron chi connectivity index (χ4n) is 2.40. The van der Waals surface area contributed by atoms with Gasteiger partial charge in [-0.15, -0.1) is 0 Å². The molecule has 0 bridgehead atoms. The molecule has 0 N–H and O–H groups in total. The first-order valence-corrected chi connectivity index (χ1v) is 8.63. The van der Waals surface area contributed by atoms with E-state index in [4.69, 9.17) is 4.74 Å². The minimum atomic E-state index is -0.359. The predicted octanol–water partition coefficient (Wildman–Crippen LogP) is 5.89. The number of rotatable bonds is 11. The van der Waals surface area contributed by atoms with Crippen LogP contribution in [0.25, 0.3) is 0 Å². The van der Waals surface area contributed by atoms with Gasteiger partial charge in [-0.2, -0.15) is 0 Å².